The van der Waals surface area contributed by atoms with Crippen molar-refractivity contribution in [3.8, 4) is 5.75 Å². The molecule has 3 aromatic rings. The minimum absolute atomic E-state index is 0.383. The Hall–Kier alpha value is -2.55. The van der Waals surface area contributed by atoms with Crippen molar-refractivity contribution in [2.75, 3.05) is 5.32 Å². The Bertz CT molecular complexity index is 768. The van der Waals surface area contributed by atoms with Crippen LogP contribution in [0.1, 0.15) is 16.7 Å². The third-order valence-electron chi connectivity index (χ3n) is 3.68. The van der Waals surface area contributed by atoms with E-state index in [1.165, 1.54) is 0 Å². The average Bonchev–Trinajstić information content (AvgIpc) is 2.50. The smallest absolute Gasteiger partial charge is 0.121 e. The van der Waals surface area contributed by atoms with Crippen LogP contribution >= 0.6 is 0 Å². The number of aromatic nitrogens is 1. The summed E-state index contributed by atoms with van der Waals surface area (Å²) in [6, 6.07) is 14.1. The zero-order chi connectivity index (χ0) is 14.8. The van der Waals surface area contributed by atoms with E-state index >= 15 is 0 Å². The lowest BCUT2D eigenvalue weighted by atomic mass is 10.1. The van der Waals surface area contributed by atoms with Crippen molar-refractivity contribution in [3.05, 3.63) is 65.4 Å². The van der Waals surface area contributed by atoms with E-state index in [9.17, 15) is 5.11 Å². The van der Waals surface area contributed by atoms with Gasteiger partial charge in [0.25, 0.3) is 0 Å². The number of fused-ring (bicyclic) bond motifs is 1. The van der Waals surface area contributed by atoms with Crippen molar-refractivity contribution in [1.82, 2.24) is 4.98 Å². The highest BCUT2D eigenvalue weighted by Crippen LogP contribution is 2.25. The summed E-state index contributed by atoms with van der Waals surface area (Å²) in [5.74, 6) is 0.383. The standard InChI is InChI=1S/C18H18N2O/c1-12-9-14(10-13(2)18(12)21)11-20-17-7-3-6-16-15(17)5-4-8-19-16/h3-10,20-21H,11H2,1-2H3. The summed E-state index contributed by atoms with van der Waals surface area (Å²) in [6.45, 7) is 4.57. The zero-order valence-corrected chi connectivity index (χ0v) is 12.2. The highest BCUT2D eigenvalue weighted by molar-refractivity contribution is 5.91. The Balaban J connectivity index is 1.87. The van der Waals surface area contributed by atoms with Crippen LogP contribution in [-0.2, 0) is 6.54 Å². The van der Waals surface area contributed by atoms with E-state index in [1.54, 1.807) is 6.20 Å². The van der Waals surface area contributed by atoms with Gasteiger partial charge in [-0.3, -0.25) is 4.98 Å². The van der Waals surface area contributed by atoms with Crippen LogP contribution in [0, 0.1) is 13.8 Å². The molecule has 0 fully saturated rings. The van der Waals surface area contributed by atoms with Gasteiger partial charge in [-0.05, 0) is 54.8 Å². The summed E-state index contributed by atoms with van der Waals surface area (Å²) >= 11 is 0. The predicted octanol–water partition coefficient (Wildman–Crippen LogP) is 4.17. The van der Waals surface area contributed by atoms with Crippen LogP contribution in [-0.4, -0.2) is 10.1 Å². The Morgan fingerprint density at radius 1 is 1.05 bits per heavy atom. The quantitative estimate of drug-likeness (QED) is 0.755. The van der Waals surface area contributed by atoms with Crippen molar-refractivity contribution in [1.29, 1.82) is 0 Å². The molecule has 21 heavy (non-hydrogen) atoms. The van der Waals surface area contributed by atoms with E-state index in [4.69, 9.17) is 0 Å². The summed E-state index contributed by atoms with van der Waals surface area (Å²) in [5.41, 5.74) is 5.03. The van der Waals surface area contributed by atoms with Gasteiger partial charge >= 0.3 is 0 Å². The molecule has 1 aromatic heterocycles. The summed E-state index contributed by atoms with van der Waals surface area (Å²) in [5, 5.41) is 14.4. The van der Waals surface area contributed by atoms with E-state index in [1.807, 2.05) is 44.2 Å². The normalized spacial score (nSPS) is 10.8. The van der Waals surface area contributed by atoms with Gasteiger partial charge in [0.2, 0.25) is 0 Å². The molecule has 0 bridgehead atoms. The molecule has 2 aromatic carbocycles. The molecule has 0 unspecified atom stereocenters. The highest BCUT2D eigenvalue weighted by atomic mass is 16.3. The van der Waals surface area contributed by atoms with Crippen molar-refractivity contribution < 1.29 is 5.11 Å². The van der Waals surface area contributed by atoms with E-state index < -0.39 is 0 Å². The van der Waals surface area contributed by atoms with Crippen LogP contribution < -0.4 is 5.32 Å². The maximum Gasteiger partial charge on any atom is 0.121 e. The highest BCUT2D eigenvalue weighted by Gasteiger charge is 2.05. The number of hydrogen-bond acceptors (Lipinski definition) is 3. The first kappa shape index (κ1) is 13.4. The van der Waals surface area contributed by atoms with Gasteiger partial charge in [0.1, 0.15) is 5.75 Å². The van der Waals surface area contributed by atoms with Crippen LogP contribution in [0.4, 0.5) is 5.69 Å². The molecule has 3 rings (SSSR count). The average molecular weight is 278 g/mol. The molecule has 2 N–H and O–H groups in total. The van der Waals surface area contributed by atoms with Crippen molar-refractivity contribution in [2.24, 2.45) is 0 Å². The lowest BCUT2D eigenvalue weighted by Crippen LogP contribution is -2.01. The van der Waals surface area contributed by atoms with Crippen molar-refractivity contribution in [2.45, 2.75) is 20.4 Å². The number of anilines is 1. The number of hydrogen-bond donors (Lipinski definition) is 2. The summed E-state index contributed by atoms with van der Waals surface area (Å²) in [4.78, 5) is 4.36. The Morgan fingerprint density at radius 3 is 2.57 bits per heavy atom. The molecule has 0 radical (unpaired) electrons. The van der Waals surface area contributed by atoms with E-state index in [-0.39, 0.29) is 0 Å². The number of nitrogens with one attached hydrogen (secondary N) is 1. The third kappa shape index (κ3) is 2.68. The van der Waals surface area contributed by atoms with Gasteiger partial charge < -0.3 is 10.4 Å². The molecule has 0 amide bonds. The van der Waals surface area contributed by atoms with E-state index in [0.717, 1.165) is 39.8 Å². The third-order valence-corrected chi connectivity index (χ3v) is 3.68. The molecule has 0 aliphatic rings. The molecule has 3 nitrogen and oxygen atoms in total. The Kier molecular flexibility index (Phi) is 3.48. The molecule has 0 spiro atoms. The molecule has 0 aliphatic carbocycles. The van der Waals surface area contributed by atoms with Crippen LogP contribution in [0.25, 0.3) is 10.9 Å². The van der Waals surface area contributed by atoms with Crippen LogP contribution in [0.15, 0.2) is 48.7 Å². The van der Waals surface area contributed by atoms with Gasteiger partial charge in [0.05, 0.1) is 5.52 Å². The summed E-state index contributed by atoms with van der Waals surface area (Å²) in [7, 11) is 0. The van der Waals surface area contributed by atoms with E-state index in [0.29, 0.717) is 5.75 Å². The van der Waals surface area contributed by atoms with Gasteiger partial charge in [-0.2, -0.15) is 0 Å². The number of nitrogens with zero attached hydrogens (tertiary/aromatic N) is 1. The SMILES string of the molecule is Cc1cc(CNc2cccc3ncccc23)cc(C)c1O. The summed E-state index contributed by atoms with van der Waals surface area (Å²) < 4.78 is 0. The maximum absolute atomic E-state index is 9.83. The van der Waals surface area contributed by atoms with E-state index in [2.05, 4.69) is 22.4 Å². The molecular formula is C18H18N2O. The fourth-order valence-electron chi connectivity index (χ4n) is 2.60. The number of phenolic OH excluding ortho intramolecular Hbond substituents is 1. The molecule has 3 heteroatoms. The first-order valence-corrected chi connectivity index (χ1v) is 7.02. The first-order chi connectivity index (χ1) is 10.1. The van der Waals surface area contributed by atoms with Crippen molar-refractivity contribution >= 4 is 16.6 Å². The van der Waals surface area contributed by atoms with Crippen molar-refractivity contribution in [3.63, 3.8) is 0 Å². The predicted molar refractivity (Wildman–Crippen MR) is 86.7 cm³/mol. The van der Waals surface area contributed by atoms with Gasteiger partial charge in [0.15, 0.2) is 0 Å². The fraction of sp³-hybridized carbons (Fsp3) is 0.167. The van der Waals surface area contributed by atoms with Crippen LogP contribution in [0.3, 0.4) is 0 Å². The number of pyridine rings is 1. The second kappa shape index (κ2) is 5.44. The molecule has 1 heterocycles. The molecular weight excluding hydrogens is 260 g/mol. The maximum atomic E-state index is 9.83. The lowest BCUT2D eigenvalue weighted by Gasteiger charge is -2.11. The van der Waals surface area contributed by atoms with Gasteiger partial charge in [-0.25, -0.2) is 0 Å². The minimum Gasteiger partial charge on any atom is -0.507 e. The molecule has 0 aliphatic heterocycles. The molecule has 0 saturated carbocycles. The van der Waals surface area contributed by atoms with Gasteiger partial charge in [-0.1, -0.05) is 18.2 Å². The molecule has 106 valence electrons. The first-order valence-electron chi connectivity index (χ1n) is 7.02. The number of aryl methyl sites for hydroxylation is 2. The van der Waals surface area contributed by atoms with Gasteiger partial charge in [-0.15, -0.1) is 0 Å². The Morgan fingerprint density at radius 2 is 1.81 bits per heavy atom. The second-order valence-corrected chi connectivity index (χ2v) is 5.31. The zero-order valence-electron chi connectivity index (χ0n) is 12.2. The monoisotopic (exact) mass is 278 g/mol. The second-order valence-electron chi connectivity index (χ2n) is 5.31. The minimum atomic E-state index is 0.383. The molecule has 0 atom stereocenters. The summed E-state index contributed by atoms with van der Waals surface area (Å²) in [6.07, 6.45) is 1.80. The topological polar surface area (TPSA) is 45.2 Å². The number of phenols is 1. The van der Waals surface area contributed by atoms with Gasteiger partial charge in [0, 0.05) is 23.8 Å². The fourth-order valence-corrected chi connectivity index (χ4v) is 2.60. The lowest BCUT2D eigenvalue weighted by molar-refractivity contribution is 0.466. The number of aromatic hydroxyl groups is 1. The number of rotatable bonds is 3. The van der Waals surface area contributed by atoms with Crippen LogP contribution in [0.5, 0.6) is 5.75 Å². The molecule has 0 saturated heterocycles. The largest absolute Gasteiger partial charge is 0.507 e. The Labute approximate surface area is 124 Å². The van der Waals surface area contributed by atoms with Crippen LogP contribution in [0.2, 0.25) is 0 Å². The number of benzene rings is 2.